The smallest absolute Gasteiger partial charge is 0.340 e. The average molecular weight is 476 g/mol. The van der Waals surface area contributed by atoms with Crippen LogP contribution in [-0.4, -0.2) is 56.2 Å². The zero-order chi connectivity index (χ0) is 24.6. The van der Waals surface area contributed by atoms with Crippen LogP contribution in [0.5, 0.6) is 0 Å². The van der Waals surface area contributed by atoms with E-state index in [4.69, 9.17) is 23.7 Å². The number of hydrogen-bond donors (Lipinski definition) is 0. The first-order valence-electron chi connectivity index (χ1n) is 11.0. The fourth-order valence-corrected chi connectivity index (χ4v) is 3.63. The van der Waals surface area contributed by atoms with Crippen LogP contribution < -0.4 is 0 Å². The molecule has 3 aromatic carbocycles. The molecule has 3 aromatic rings. The van der Waals surface area contributed by atoms with Gasteiger partial charge in [-0.25, -0.2) is 14.4 Å². The number of carbonyl (C=O) groups is 3. The van der Waals surface area contributed by atoms with Crippen molar-refractivity contribution in [3.63, 3.8) is 0 Å². The molecule has 0 aromatic heterocycles. The summed E-state index contributed by atoms with van der Waals surface area (Å²) in [6.45, 7) is -0.183. The quantitative estimate of drug-likeness (QED) is 0.376. The predicted octanol–water partition coefficient (Wildman–Crippen LogP) is 3.67. The van der Waals surface area contributed by atoms with E-state index in [2.05, 4.69) is 0 Å². The van der Waals surface area contributed by atoms with Gasteiger partial charge in [-0.2, -0.15) is 0 Å². The van der Waals surface area contributed by atoms with Crippen LogP contribution in [-0.2, 0) is 23.7 Å². The molecule has 8 nitrogen and oxygen atoms in total. The third-order valence-electron chi connectivity index (χ3n) is 5.41. The maximum Gasteiger partial charge on any atom is 0.340 e. The Kier molecular flexibility index (Phi) is 7.87. The highest BCUT2D eigenvalue weighted by atomic mass is 16.7. The first-order valence-corrected chi connectivity index (χ1v) is 11.0. The number of hydrogen-bond acceptors (Lipinski definition) is 8. The molecule has 0 saturated carbocycles. The maximum atomic E-state index is 12.9. The van der Waals surface area contributed by atoms with Crippen molar-refractivity contribution in [1.29, 1.82) is 0 Å². The van der Waals surface area contributed by atoms with E-state index in [9.17, 15) is 14.4 Å². The van der Waals surface area contributed by atoms with Crippen molar-refractivity contribution in [2.24, 2.45) is 0 Å². The Morgan fingerprint density at radius 2 is 1.06 bits per heavy atom. The molecule has 0 amide bonds. The summed E-state index contributed by atoms with van der Waals surface area (Å²) in [4.78, 5) is 38.2. The molecule has 1 saturated heterocycles. The number of carbonyl (C=O) groups excluding carboxylic acids is 3. The molecule has 1 heterocycles. The Morgan fingerprint density at radius 3 is 1.51 bits per heavy atom. The summed E-state index contributed by atoms with van der Waals surface area (Å²) in [5, 5.41) is 0. The molecule has 0 aliphatic carbocycles. The molecule has 0 N–H and O–H groups in total. The molecule has 8 heteroatoms. The van der Waals surface area contributed by atoms with E-state index >= 15 is 0 Å². The standard InChI is InChI=1S/C27H24O8/c1-31-23-22(34-25(29)19-13-7-3-8-14-19)21(33-24(28)18-11-5-2-6-12-18)17-32-27(23)35-26(30)20-15-9-4-10-16-20/h2-16,21-23,27H,17H2,1H3/t21-,22+,23-,27+/m0/s1. The minimum atomic E-state index is -1.20. The summed E-state index contributed by atoms with van der Waals surface area (Å²) in [5.74, 6) is -1.89. The van der Waals surface area contributed by atoms with Gasteiger partial charge in [-0.1, -0.05) is 54.6 Å². The summed E-state index contributed by atoms with van der Waals surface area (Å²) in [7, 11) is 1.36. The van der Waals surface area contributed by atoms with Gasteiger partial charge < -0.3 is 23.7 Å². The third kappa shape index (κ3) is 5.92. The fraction of sp³-hybridized carbons (Fsp3) is 0.222. The van der Waals surface area contributed by atoms with Gasteiger partial charge in [0, 0.05) is 7.11 Å². The van der Waals surface area contributed by atoms with Gasteiger partial charge in [0.1, 0.15) is 0 Å². The minimum Gasteiger partial charge on any atom is -0.452 e. The molecule has 4 atom stereocenters. The molecular formula is C27H24O8. The van der Waals surface area contributed by atoms with Gasteiger partial charge in [0.15, 0.2) is 18.3 Å². The Labute approximate surface area is 202 Å². The van der Waals surface area contributed by atoms with Gasteiger partial charge in [-0.15, -0.1) is 0 Å². The lowest BCUT2D eigenvalue weighted by atomic mass is 10.0. The number of rotatable bonds is 7. The van der Waals surface area contributed by atoms with Crippen LogP contribution in [0.2, 0.25) is 0 Å². The van der Waals surface area contributed by atoms with Crippen LogP contribution in [0.15, 0.2) is 91.0 Å². The van der Waals surface area contributed by atoms with Crippen LogP contribution in [0.4, 0.5) is 0 Å². The monoisotopic (exact) mass is 476 g/mol. The van der Waals surface area contributed by atoms with Crippen molar-refractivity contribution in [3.8, 4) is 0 Å². The number of ether oxygens (including phenoxy) is 5. The second-order valence-electron chi connectivity index (χ2n) is 7.72. The molecule has 180 valence electrons. The Bertz CT molecular complexity index is 1130. The van der Waals surface area contributed by atoms with Gasteiger partial charge >= 0.3 is 17.9 Å². The molecule has 35 heavy (non-hydrogen) atoms. The summed E-state index contributed by atoms with van der Waals surface area (Å²) in [6.07, 6.45) is -4.37. The average Bonchev–Trinajstić information content (AvgIpc) is 2.91. The zero-order valence-corrected chi connectivity index (χ0v) is 18.9. The molecular weight excluding hydrogens is 452 g/mol. The highest BCUT2D eigenvalue weighted by molar-refractivity contribution is 5.91. The van der Waals surface area contributed by atoms with E-state index in [-0.39, 0.29) is 6.61 Å². The second-order valence-corrected chi connectivity index (χ2v) is 7.72. The minimum absolute atomic E-state index is 0.183. The molecule has 0 spiro atoms. The van der Waals surface area contributed by atoms with E-state index < -0.39 is 42.5 Å². The predicted molar refractivity (Wildman–Crippen MR) is 124 cm³/mol. The van der Waals surface area contributed by atoms with E-state index in [1.807, 2.05) is 0 Å². The number of esters is 3. The first kappa shape index (κ1) is 24.1. The van der Waals surface area contributed by atoms with Crippen LogP contribution in [0.3, 0.4) is 0 Å². The molecule has 1 fully saturated rings. The topological polar surface area (TPSA) is 97.4 Å². The molecule has 0 bridgehead atoms. The number of methoxy groups -OCH3 is 1. The SMILES string of the molecule is CO[C@@H]1[C@@H](OC(=O)c2ccccc2)OC[C@H](OC(=O)c2ccccc2)[C@H]1OC(=O)c1ccccc1. The normalized spacial score (nSPS) is 21.5. The molecule has 1 aliphatic rings. The van der Waals surface area contributed by atoms with Crippen LogP contribution in [0, 0.1) is 0 Å². The van der Waals surface area contributed by atoms with Crippen molar-refractivity contribution in [1.82, 2.24) is 0 Å². The van der Waals surface area contributed by atoms with Gasteiger partial charge in [0.05, 0.1) is 23.3 Å². The van der Waals surface area contributed by atoms with Crippen molar-refractivity contribution < 1.29 is 38.1 Å². The number of benzene rings is 3. The maximum absolute atomic E-state index is 12.9. The summed E-state index contributed by atoms with van der Waals surface area (Å²) >= 11 is 0. The molecule has 0 radical (unpaired) electrons. The zero-order valence-electron chi connectivity index (χ0n) is 18.9. The molecule has 0 unspecified atom stereocenters. The highest BCUT2D eigenvalue weighted by Gasteiger charge is 2.47. The van der Waals surface area contributed by atoms with E-state index in [1.54, 1.807) is 91.0 Å². The lowest BCUT2D eigenvalue weighted by Gasteiger charge is -2.39. The van der Waals surface area contributed by atoms with Crippen molar-refractivity contribution in [2.45, 2.75) is 24.6 Å². The van der Waals surface area contributed by atoms with Crippen LogP contribution in [0.25, 0.3) is 0 Å². The van der Waals surface area contributed by atoms with Crippen LogP contribution >= 0.6 is 0 Å². The van der Waals surface area contributed by atoms with Gasteiger partial charge in [-0.3, -0.25) is 0 Å². The second kappa shape index (κ2) is 11.4. The third-order valence-corrected chi connectivity index (χ3v) is 5.41. The van der Waals surface area contributed by atoms with E-state index in [0.29, 0.717) is 16.7 Å². The molecule has 4 rings (SSSR count). The fourth-order valence-electron chi connectivity index (χ4n) is 3.63. The van der Waals surface area contributed by atoms with Crippen LogP contribution in [0.1, 0.15) is 31.1 Å². The summed E-state index contributed by atoms with van der Waals surface area (Å²) in [5.41, 5.74) is 0.952. The summed E-state index contributed by atoms with van der Waals surface area (Å²) < 4.78 is 28.1. The van der Waals surface area contributed by atoms with E-state index in [1.165, 1.54) is 7.11 Å². The van der Waals surface area contributed by atoms with Crippen molar-refractivity contribution in [2.75, 3.05) is 13.7 Å². The van der Waals surface area contributed by atoms with E-state index in [0.717, 1.165) is 0 Å². The largest absolute Gasteiger partial charge is 0.452 e. The first-order chi connectivity index (χ1) is 17.1. The van der Waals surface area contributed by atoms with Crippen molar-refractivity contribution in [3.05, 3.63) is 108 Å². The Morgan fingerprint density at radius 1 is 0.629 bits per heavy atom. The van der Waals surface area contributed by atoms with Gasteiger partial charge in [-0.05, 0) is 36.4 Å². The Balaban J connectivity index is 1.56. The van der Waals surface area contributed by atoms with Gasteiger partial charge in [0.2, 0.25) is 6.29 Å². The van der Waals surface area contributed by atoms with Gasteiger partial charge in [0.25, 0.3) is 0 Å². The summed E-state index contributed by atoms with van der Waals surface area (Å²) in [6, 6.07) is 25.2. The lowest BCUT2D eigenvalue weighted by molar-refractivity contribution is -0.257. The Hall–Kier alpha value is -4.01. The lowest BCUT2D eigenvalue weighted by Crippen LogP contribution is -2.58. The van der Waals surface area contributed by atoms with Crippen molar-refractivity contribution >= 4 is 17.9 Å². The molecule has 1 aliphatic heterocycles. The highest BCUT2D eigenvalue weighted by Crippen LogP contribution is 2.26.